The number of ether oxygens (including phenoxy) is 1. The van der Waals surface area contributed by atoms with Crippen molar-refractivity contribution >= 4 is 49.9 Å². The summed E-state index contributed by atoms with van der Waals surface area (Å²) in [7, 11) is 0. The fourth-order valence-electron chi connectivity index (χ4n) is 2.74. The monoisotopic (exact) mass is 473 g/mol. The van der Waals surface area contributed by atoms with E-state index in [-0.39, 0.29) is 16.8 Å². The lowest BCUT2D eigenvalue weighted by Gasteiger charge is -2.16. The highest BCUT2D eigenvalue weighted by Crippen LogP contribution is 2.35. The number of nitrogens with one attached hydrogen (secondary N) is 1. The van der Waals surface area contributed by atoms with Crippen LogP contribution in [0.1, 0.15) is 18.9 Å². The van der Waals surface area contributed by atoms with Crippen molar-refractivity contribution in [1.29, 1.82) is 0 Å². The maximum absolute atomic E-state index is 14.3. The van der Waals surface area contributed by atoms with E-state index in [0.717, 1.165) is 0 Å². The van der Waals surface area contributed by atoms with Gasteiger partial charge in [-0.1, -0.05) is 17.7 Å². The zero-order valence-electron chi connectivity index (χ0n) is 15.1. The Hall–Kier alpha value is -2.84. The summed E-state index contributed by atoms with van der Waals surface area (Å²) in [5.74, 6) is 0.992. The third-order valence-corrected chi connectivity index (χ3v) is 5.06. The van der Waals surface area contributed by atoms with Gasteiger partial charge in [0.05, 0.1) is 20.7 Å². The molecule has 0 aliphatic rings. The highest BCUT2D eigenvalue weighted by atomic mass is 79.9. The number of benzene rings is 2. The summed E-state index contributed by atoms with van der Waals surface area (Å²) in [6.45, 7) is 1.86. The van der Waals surface area contributed by atoms with Crippen molar-refractivity contribution in [2.45, 2.75) is 13.0 Å². The molecule has 0 unspecified atom stereocenters. The Morgan fingerprint density at radius 1 is 1.10 bits per heavy atom. The van der Waals surface area contributed by atoms with Gasteiger partial charge in [-0.2, -0.15) is 0 Å². The lowest BCUT2D eigenvalue weighted by atomic mass is 10.2. The number of hydrogen-bond acceptors (Lipinski definition) is 6. The molecule has 6 nitrogen and oxygen atoms in total. The largest absolute Gasteiger partial charge is 0.482 e. The molecule has 1 atom stereocenters. The molecule has 4 rings (SSSR count). The first-order chi connectivity index (χ1) is 14.0. The van der Waals surface area contributed by atoms with E-state index in [1.165, 1.54) is 12.4 Å². The third kappa shape index (κ3) is 4.13. The van der Waals surface area contributed by atoms with E-state index >= 15 is 0 Å². The first kappa shape index (κ1) is 19.5. The van der Waals surface area contributed by atoms with Crippen LogP contribution in [0.3, 0.4) is 0 Å². The molecule has 4 aromatic rings. The fraction of sp³-hybridized carbons (Fsp3) is 0.100. The van der Waals surface area contributed by atoms with E-state index in [1.807, 2.05) is 13.0 Å². The molecular formula is C20H14BrClFN5O. The predicted octanol–water partition coefficient (Wildman–Crippen LogP) is 5.86. The fourth-order valence-corrected chi connectivity index (χ4v) is 3.34. The quantitative estimate of drug-likeness (QED) is 0.391. The molecule has 146 valence electrons. The van der Waals surface area contributed by atoms with Gasteiger partial charge in [0.15, 0.2) is 17.7 Å². The molecule has 0 saturated carbocycles. The van der Waals surface area contributed by atoms with E-state index in [0.29, 0.717) is 32.8 Å². The molecule has 0 saturated heterocycles. The second-order valence-corrected chi connectivity index (χ2v) is 7.38. The van der Waals surface area contributed by atoms with Crippen LogP contribution in [0.15, 0.2) is 59.6 Å². The summed E-state index contributed by atoms with van der Waals surface area (Å²) in [5.41, 5.74) is 0.877. The summed E-state index contributed by atoms with van der Waals surface area (Å²) < 4.78 is 21.1. The Morgan fingerprint density at radius 3 is 2.69 bits per heavy atom. The minimum Gasteiger partial charge on any atom is -0.482 e. The van der Waals surface area contributed by atoms with Crippen molar-refractivity contribution in [3.63, 3.8) is 0 Å². The summed E-state index contributed by atoms with van der Waals surface area (Å²) in [4.78, 5) is 17.0. The Morgan fingerprint density at radius 2 is 1.90 bits per heavy atom. The van der Waals surface area contributed by atoms with Gasteiger partial charge in [0.25, 0.3) is 0 Å². The molecule has 0 spiro atoms. The summed E-state index contributed by atoms with van der Waals surface area (Å²) >= 11 is 9.38. The molecule has 0 amide bonds. The molecule has 2 heterocycles. The van der Waals surface area contributed by atoms with E-state index in [4.69, 9.17) is 16.3 Å². The van der Waals surface area contributed by atoms with Gasteiger partial charge in [-0.3, -0.25) is 0 Å². The van der Waals surface area contributed by atoms with Crippen molar-refractivity contribution in [1.82, 2.24) is 19.9 Å². The number of nitrogens with zero attached hydrogens (tertiary/aromatic N) is 4. The zero-order chi connectivity index (χ0) is 20.4. The second kappa shape index (κ2) is 8.26. The van der Waals surface area contributed by atoms with Crippen LogP contribution in [0.5, 0.6) is 5.75 Å². The Bertz CT molecular complexity index is 1180. The molecule has 0 radical (unpaired) electrons. The Balaban J connectivity index is 1.72. The highest BCUT2D eigenvalue weighted by molar-refractivity contribution is 9.10. The number of anilines is 2. The minimum atomic E-state index is -0.552. The molecule has 0 bridgehead atoms. The molecule has 0 aliphatic heterocycles. The van der Waals surface area contributed by atoms with Crippen LogP contribution in [-0.4, -0.2) is 19.9 Å². The van der Waals surface area contributed by atoms with Gasteiger partial charge >= 0.3 is 0 Å². The van der Waals surface area contributed by atoms with Crippen molar-refractivity contribution in [3.8, 4) is 5.75 Å². The zero-order valence-corrected chi connectivity index (χ0v) is 17.4. The second-order valence-electron chi connectivity index (χ2n) is 6.12. The first-order valence-electron chi connectivity index (χ1n) is 8.62. The molecule has 2 aromatic heterocycles. The van der Waals surface area contributed by atoms with Gasteiger partial charge in [0, 0.05) is 17.8 Å². The van der Waals surface area contributed by atoms with E-state index in [9.17, 15) is 4.39 Å². The molecule has 9 heteroatoms. The number of rotatable bonds is 5. The number of aromatic nitrogens is 4. The van der Waals surface area contributed by atoms with Gasteiger partial charge in [0.2, 0.25) is 0 Å². The smallest absolute Gasteiger partial charge is 0.168 e. The van der Waals surface area contributed by atoms with Crippen LogP contribution < -0.4 is 10.1 Å². The normalized spacial score (nSPS) is 12.0. The van der Waals surface area contributed by atoms with Gasteiger partial charge in [-0.05, 0) is 53.2 Å². The lowest BCUT2D eigenvalue weighted by molar-refractivity contribution is 0.215. The molecule has 0 fully saturated rings. The maximum Gasteiger partial charge on any atom is 0.168 e. The number of hydrogen-bond donors (Lipinski definition) is 1. The number of fused-ring (bicyclic) bond motifs is 1. The molecular weight excluding hydrogens is 461 g/mol. The maximum atomic E-state index is 14.3. The van der Waals surface area contributed by atoms with Crippen molar-refractivity contribution in [2.24, 2.45) is 0 Å². The SMILES string of the molecule is C[C@@H](Oc1cc2c(Nc3cccc(Cl)c3F)ncnc2cc1Br)c1ncccn1. The van der Waals surface area contributed by atoms with E-state index < -0.39 is 5.82 Å². The van der Waals surface area contributed by atoms with Crippen LogP contribution in [0, 0.1) is 5.82 Å². The third-order valence-electron chi connectivity index (χ3n) is 4.15. The summed E-state index contributed by atoms with van der Waals surface area (Å²) in [6.07, 6.45) is 4.34. The number of halogens is 3. The first-order valence-corrected chi connectivity index (χ1v) is 9.79. The molecule has 2 aromatic carbocycles. The van der Waals surface area contributed by atoms with Crippen LogP contribution in [0.4, 0.5) is 15.9 Å². The van der Waals surface area contributed by atoms with E-state index in [1.54, 1.807) is 36.7 Å². The van der Waals surface area contributed by atoms with Crippen LogP contribution in [0.2, 0.25) is 5.02 Å². The van der Waals surface area contributed by atoms with Gasteiger partial charge in [-0.25, -0.2) is 24.3 Å². The lowest BCUT2D eigenvalue weighted by Crippen LogP contribution is -2.08. The van der Waals surface area contributed by atoms with Crippen molar-refractivity contribution < 1.29 is 9.13 Å². The Labute approximate surface area is 179 Å². The standard InChI is InChI=1S/C20H14BrClFN5O/c1-11(19-24-6-3-7-25-19)29-17-8-12-16(9-13(17)21)26-10-27-20(12)28-15-5-2-4-14(22)18(15)23/h2-11H,1H3,(H,26,27,28)/t11-/m1/s1. The molecule has 1 N–H and O–H groups in total. The molecule has 29 heavy (non-hydrogen) atoms. The van der Waals surface area contributed by atoms with E-state index in [2.05, 4.69) is 41.2 Å². The highest BCUT2D eigenvalue weighted by Gasteiger charge is 2.16. The van der Waals surface area contributed by atoms with Crippen LogP contribution in [-0.2, 0) is 0 Å². The average Bonchev–Trinajstić information content (AvgIpc) is 2.73. The van der Waals surface area contributed by atoms with Gasteiger partial charge < -0.3 is 10.1 Å². The van der Waals surface area contributed by atoms with Crippen LogP contribution >= 0.6 is 27.5 Å². The van der Waals surface area contributed by atoms with Gasteiger partial charge in [0.1, 0.15) is 17.9 Å². The minimum absolute atomic E-state index is 0.0248. The van der Waals surface area contributed by atoms with Crippen LogP contribution in [0.25, 0.3) is 10.9 Å². The van der Waals surface area contributed by atoms with Crippen molar-refractivity contribution in [3.05, 3.63) is 76.3 Å². The van der Waals surface area contributed by atoms with Crippen molar-refractivity contribution in [2.75, 3.05) is 5.32 Å². The van der Waals surface area contributed by atoms with Gasteiger partial charge in [-0.15, -0.1) is 0 Å². The summed E-state index contributed by atoms with van der Waals surface area (Å²) in [5, 5.41) is 3.67. The Kier molecular flexibility index (Phi) is 5.55. The predicted molar refractivity (Wildman–Crippen MR) is 113 cm³/mol. The topological polar surface area (TPSA) is 72.8 Å². The summed E-state index contributed by atoms with van der Waals surface area (Å²) in [6, 6.07) is 10.1. The molecule has 0 aliphatic carbocycles. The average molecular weight is 475 g/mol.